The van der Waals surface area contributed by atoms with Crippen molar-refractivity contribution in [2.75, 3.05) is 13.1 Å². The van der Waals surface area contributed by atoms with Crippen LogP contribution in [0, 0.1) is 0 Å². The topological polar surface area (TPSA) is 276 Å². The standard InChI is InChI=1S/C2H8N2.4C2H4O2.H2O4S/c3-1-2-4;4*1-2(3)4;1-5(2,3)4/h1-4H2;4*1H3,(H,3,4);(H2,1,2,3,4). The summed E-state index contributed by atoms with van der Waals surface area (Å²) < 4.78 is 31.6. The quantitative estimate of drug-likeness (QED) is 0.236. The molecule has 14 nitrogen and oxygen atoms in total. The van der Waals surface area contributed by atoms with Crippen LogP contribution in [0.1, 0.15) is 27.7 Å². The van der Waals surface area contributed by atoms with Crippen LogP contribution in [0.2, 0.25) is 0 Å². The molecule has 0 bridgehead atoms. The highest BCUT2D eigenvalue weighted by molar-refractivity contribution is 7.79. The first-order valence-corrected chi connectivity index (χ1v) is 7.12. The minimum absolute atomic E-state index is 0.597. The molecule has 0 unspecified atom stereocenters. The Morgan fingerprint density at radius 1 is 0.640 bits per heavy atom. The lowest BCUT2D eigenvalue weighted by atomic mass is 10.7. The summed E-state index contributed by atoms with van der Waals surface area (Å²) in [5.41, 5.74) is 9.81. The molecule has 15 heteroatoms. The van der Waals surface area contributed by atoms with E-state index in [1.54, 1.807) is 0 Å². The summed E-state index contributed by atoms with van der Waals surface area (Å²) in [6, 6.07) is 0. The van der Waals surface area contributed by atoms with Gasteiger partial charge < -0.3 is 31.9 Å². The fourth-order valence-electron chi connectivity index (χ4n) is 0. The number of hydrogen-bond acceptors (Lipinski definition) is 8. The van der Waals surface area contributed by atoms with Crippen molar-refractivity contribution >= 4 is 34.3 Å². The van der Waals surface area contributed by atoms with E-state index in [1.807, 2.05) is 0 Å². The molecule has 0 spiro atoms. The van der Waals surface area contributed by atoms with Gasteiger partial charge in [-0.15, -0.1) is 0 Å². The van der Waals surface area contributed by atoms with E-state index in [2.05, 4.69) is 0 Å². The van der Waals surface area contributed by atoms with Gasteiger partial charge in [-0.1, -0.05) is 0 Å². The molecule has 0 saturated heterocycles. The second-order valence-corrected chi connectivity index (χ2v) is 4.00. The zero-order valence-electron chi connectivity index (χ0n) is 14.1. The number of hydrogen-bond donors (Lipinski definition) is 8. The van der Waals surface area contributed by atoms with Gasteiger partial charge in [0.2, 0.25) is 0 Å². The van der Waals surface area contributed by atoms with E-state index in [0.717, 1.165) is 27.7 Å². The average Bonchev–Trinajstić information content (AvgIpc) is 2.22. The molecule has 0 fully saturated rings. The van der Waals surface area contributed by atoms with E-state index in [1.165, 1.54) is 0 Å². The lowest BCUT2D eigenvalue weighted by Crippen LogP contribution is -2.11. The van der Waals surface area contributed by atoms with Crippen molar-refractivity contribution in [3.05, 3.63) is 0 Å². The Labute approximate surface area is 144 Å². The molecular formula is C10H26N2O12S. The van der Waals surface area contributed by atoms with Gasteiger partial charge in [0, 0.05) is 40.8 Å². The molecule has 0 atom stereocenters. The van der Waals surface area contributed by atoms with Gasteiger partial charge in [0.1, 0.15) is 0 Å². The Bertz CT molecular complexity index is 361. The number of nitrogens with two attached hydrogens (primary N) is 2. The fourth-order valence-corrected chi connectivity index (χ4v) is 0. The summed E-state index contributed by atoms with van der Waals surface area (Å²) in [6.07, 6.45) is 0. The smallest absolute Gasteiger partial charge is 0.394 e. The number of carboxylic acid groups (broad SMARTS) is 4. The molecule has 0 aromatic heterocycles. The molecule has 154 valence electrons. The molecule has 0 radical (unpaired) electrons. The van der Waals surface area contributed by atoms with Crippen LogP contribution in [0.4, 0.5) is 0 Å². The van der Waals surface area contributed by atoms with Crippen LogP contribution >= 0.6 is 0 Å². The third kappa shape index (κ3) is 4740. The van der Waals surface area contributed by atoms with E-state index >= 15 is 0 Å². The summed E-state index contributed by atoms with van der Waals surface area (Å²) in [4.78, 5) is 36.0. The predicted molar refractivity (Wildman–Crippen MR) is 85.5 cm³/mol. The zero-order chi connectivity index (χ0) is 22.2. The van der Waals surface area contributed by atoms with E-state index in [9.17, 15) is 0 Å². The maximum absolute atomic E-state index is 9.00. The van der Waals surface area contributed by atoms with Crippen LogP contribution in [0.15, 0.2) is 0 Å². The summed E-state index contributed by atoms with van der Waals surface area (Å²) in [5, 5.41) is 29.7. The van der Waals surface area contributed by atoms with Crippen LogP contribution in [0.5, 0.6) is 0 Å². The second-order valence-electron chi connectivity index (χ2n) is 3.10. The van der Waals surface area contributed by atoms with Crippen molar-refractivity contribution in [1.82, 2.24) is 0 Å². The van der Waals surface area contributed by atoms with E-state index in [-0.39, 0.29) is 0 Å². The highest BCUT2D eigenvalue weighted by Crippen LogP contribution is 1.59. The van der Waals surface area contributed by atoms with Crippen molar-refractivity contribution in [3.63, 3.8) is 0 Å². The Morgan fingerprint density at radius 3 is 0.680 bits per heavy atom. The monoisotopic (exact) mass is 398 g/mol. The van der Waals surface area contributed by atoms with E-state index in [4.69, 9.17) is 68.6 Å². The highest BCUT2D eigenvalue weighted by atomic mass is 32.3. The van der Waals surface area contributed by atoms with Crippen LogP contribution in [0.3, 0.4) is 0 Å². The van der Waals surface area contributed by atoms with Crippen LogP contribution in [-0.2, 0) is 29.6 Å². The average molecular weight is 398 g/mol. The maximum atomic E-state index is 9.00. The largest absolute Gasteiger partial charge is 0.481 e. The van der Waals surface area contributed by atoms with E-state index in [0.29, 0.717) is 13.1 Å². The number of carboxylic acids is 4. The second kappa shape index (κ2) is 29.7. The van der Waals surface area contributed by atoms with Crippen molar-refractivity contribution in [2.24, 2.45) is 11.5 Å². The molecule has 0 aromatic rings. The molecule has 0 aliphatic heterocycles. The first kappa shape index (κ1) is 38.3. The van der Waals surface area contributed by atoms with Gasteiger partial charge in [-0.05, 0) is 0 Å². The van der Waals surface area contributed by atoms with Crippen LogP contribution in [0.25, 0.3) is 0 Å². The van der Waals surface area contributed by atoms with Gasteiger partial charge in [-0.25, -0.2) is 0 Å². The number of carbonyl (C=O) groups is 4. The van der Waals surface area contributed by atoms with Gasteiger partial charge in [0.05, 0.1) is 0 Å². The van der Waals surface area contributed by atoms with E-state index < -0.39 is 34.3 Å². The molecule has 0 aromatic carbocycles. The van der Waals surface area contributed by atoms with Crippen molar-refractivity contribution < 1.29 is 57.1 Å². The maximum Gasteiger partial charge on any atom is 0.394 e. The highest BCUT2D eigenvalue weighted by Gasteiger charge is 1.84. The van der Waals surface area contributed by atoms with Crippen LogP contribution < -0.4 is 11.5 Å². The summed E-state index contributed by atoms with van der Waals surface area (Å²) in [6.45, 7) is 5.53. The zero-order valence-corrected chi connectivity index (χ0v) is 14.9. The molecule has 0 amide bonds. The number of aliphatic carboxylic acids is 4. The predicted octanol–water partition coefficient (Wildman–Crippen LogP) is -1.39. The Hall–Kier alpha value is -2.33. The SMILES string of the molecule is CC(=O)O.CC(=O)O.CC(=O)O.CC(=O)O.NCCN.O=S(=O)(O)O. The lowest BCUT2D eigenvalue weighted by Gasteiger charge is -1.72. The molecule has 0 saturated carbocycles. The Balaban J connectivity index is -0.0000000434. The molecule has 0 heterocycles. The van der Waals surface area contributed by atoms with Gasteiger partial charge in [-0.3, -0.25) is 28.3 Å². The molecular weight excluding hydrogens is 372 g/mol. The molecule has 10 N–H and O–H groups in total. The Kier molecular flexibility index (Phi) is 45.4. The van der Waals surface area contributed by atoms with Gasteiger partial charge >= 0.3 is 10.4 Å². The minimum atomic E-state index is -4.67. The van der Waals surface area contributed by atoms with Crippen LogP contribution in [-0.4, -0.2) is 74.9 Å². The fraction of sp³-hybridized carbons (Fsp3) is 0.600. The normalized spacial score (nSPS) is 7.52. The Morgan fingerprint density at radius 2 is 0.680 bits per heavy atom. The van der Waals surface area contributed by atoms with Crippen molar-refractivity contribution in [2.45, 2.75) is 27.7 Å². The summed E-state index contributed by atoms with van der Waals surface area (Å²) in [7, 11) is -4.67. The lowest BCUT2D eigenvalue weighted by molar-refractivity contribution is -0.135. The summed E-state index contributed by atoms with van der Waals surface area (Å²) >= 11 is 0. The van der Waals surface area contributed by atoms with Gasteiger partial charge in [-0.2, -0.15) is 8.42 Å². The molecule has 0 aliphatic carbocycles. The van der Waals surface area contributed by atoms with Crippen molar-refractivity contribution in [1.29, 1.82) is 0 Å². The molecule has 25 heavy (non-hydrogen) atoms. The summed E-state index contributed by atoms with van der Waals surface area (Å²) in [5.74, 6) is -3.33. The molecule has 0 rings (SSSR count). The first-order valence-electron chi connectivity index (χ1n) is 5.73. The van der Waals surface area contributed by atoms with Crippen molar-refractivity contribution in [3.8, 4) is 0 Å². The third-order valence-corrected chi connectivity index (χ3v) is 0.167. The molecule has 0 aliphatic rings. The third-order valence-electron chi connectivity index (χ3n) is 0.167. The van der Waals surface area contributed by atoms with Gasteiger partial charge in [0.25, 0.3) is 23.9 Å². The first-order chi connectivity index (χ1) is 10.8. The number of rotatable bonds is 1. The van der Waals surface area contributed by atoms with Gasteiger partial charge in [0.15, 0.2) is 0 Å². The minimum Gasteiger partial charge on any atom is -0.481 e.